The highest BCUT2D eigenvalue weighted by Crippen LogP contribution is 2.12. The molecule has 0 saturated heterocycles. The van der Waals surface area contributed by atoms with Crippen LogP contribution in [0.25, 0.3) is 0 Å². The van der Waals surface area contributed by atoms with Crippen molar-refractivity contribution in [2.45, 2.75) is 13.3 Å². The van der Waals surface area contributed by atoms with E-state index in [1.165, 1.54) is 12.1 Å². The zero-order chi connectivity index (χ0) is 13.7. The van der Waals surface area contributed by atoms with Crippen LogP contribution in [-0.2, 0) is 6.42 Å². The first-order valence-electron chi connectivity index (χ1n) is 5.91. The molecule has 2 aromatic rings. The van der Waals surface area contributed by atoms with Crippen molar-refractivity contribution in [1.82, 2.24) is 9.97 Å². The third-order valence-corrected chi connectivity index (χ3v) is 2.73. The summed E-state index contributed by atoms with van der Waals surface area (Å²) < 4.78 is 0. The van der Waals surface area contributed by atoms with Crippen molar-refractivity contribution in [2.75, 3.05) is 11.9 Å². The quantitative estimate of drug-likeness (QED) is 0.657. The molecule has 0 fully saturated rings. The first-order chi connectivity index (χ1) is 9.16. The molecule has 0 bridgehead atoms. The first-order valence-corrected chi connectivity index (χ1v) is 5.91. The molecule has 19 heavy (non-hydrogen) atoms. The lowest BCUT2D eigenvalue weighted by atomic mass is 10.1. The number of benzene rings is 1. The summed E-state index contributed by atoms with van der Waals surface area (Å²) in [5.74, 6) is 0.768. The molecule has 1 aromatic heterocycles. The van der Waals surface area contributed by atoms with Gasteiger partial charge >= 0.3 is 0 Å². The van der Waals surface area contributed by atoms with Gasteiger partial charge in [-0.05, 0) is 18.9 Å². The molecule has 1 N–H and O–H groups in total. The molecule has 98 valence electrons. The molecule has 0 spiro atoms. The van der Waals surface area contributed by atoms with Gasteiger partial charge in [-0.15, -0.1) is 0 Å². The highest BCUT2D eigenvalue weighted by Gasteiger charge is 2.04. The number of hydrogen-bond donors (Lipinski definition) is 1. The van der Waals surface area contributed by atoms with Gasteiger partial charge in [0.15, 0.2) is 0 Å². The minimum atomic E-state index is -0.398. The Morgan fingerprint density at radius 1 is 1.21 bits per heavy atom. The lowest BCUT2D eigenvalue weighted by molar-refractivity contribution is -0.384. The SMILES string of the molecule is Cc1nccnc1NCCc1ccc([N+](=O)[O-])cc1. The molecule has 6 heteroatoms. The first kappa shape index (κ1) is 12.9. The minimum Gasteiger partial charge on any atom is -0.368 e. The Morgan fingerprint density at radius 3 is 2.53 bits per heavy atom. The van der Waals surface area contributed by atoms with Gasteiger partial charge in [-0.3, -0.25) is 15.1 Å². The summed E-state index contributed by atoms with van der Waals surface area (Å²) in [5, 5.41) is 13.7. The molecule has 0 saturated carbocycles. The maximum absolute atomic E-state index is 10.5. The van der Waals surface area contributed by atoms with Crippen LogP contribution in [-0.4, -0.2) is 21.4 Å². The second-order valence-electron chi connectivity index (χ2n) is 4.09. The van der Waals surface area contributed by atoms with Gasteiger partial charge in [0.25, 0.3) is 5.69 Å². The predicted octanol–water partition coefficient (Wildman–Crippen LogP) is 2.35. The van der Waals surface area contributed by atoms with Gasteiger partial charge in [-0.2, -0.15) is 0 Å². The number of non-ortho nitro benzene ring substituents is 1. The smallest absolute Gasteiger partial charge is 0.269 e. The second-order valence-corrected chi connectivity index (χ2v) is 4.09. The molecule has 1 aromatic carbocycles. The Labute approximate surface area is 110 Å². The van der Waals surface area contributed by atoms with Crippen LogP contribution in [0.5, 0.6) is 0 Å². The van der Waals surface area contributed by atoms with Crippen molar-refractivity contribution in [3.63, 3.8) is 0 Å². The average Bonchev–Trinajstić information content (AvgIpc) is 2.41. The molecule has 1 heterocycles. The Bertz CT molecular complexity index is 569. The molecule has 6 nitrogen and oxygen atoms in total. The van der Waals surface area contributed by atoms with E-state index in [9.17, 15) is 10.1 Å². The fourth-order valence-electron chi connectivity index (χ4n) is 1.69. The largest absolute Gasteiger partial charge is 0.368 e. The molecule has 0 unspecified atom stereocenters. The topological polar surface area (TPSA) is 81.0 Å². The van der Waals surface area contributed by atoms with Gasteiger partial charge in [0.05, 0.1) is 10.6 Å². The van der Waals surface area contributed by atoms with Crippen LogP contribution in [0.4, 0.5) is 11.5 Å². The molecule has 0 aliphatic heterocycles. The van der Waals surface area contributed by atoms with E-state index in [2.05, 4.69) is 15.3 Å². The predicted molar refractivity (Wildman–Crippen MR) is 72.1 cm³/mol. The van der Waals surface area contributed by atoms with Crippen molar-refractivity contribution < 1.29 is 4.92 Å². The van der Waals surface area contributed by atoms with Crippen LogP contribution >= 0.6 is 0 Å². The summed E-state index contributed by atoms with van der Waals surface area (Å²) in [6.07, 6.45) is 4.06. The van der Waals surface area contributed by atoms with Crippen LogP contribution in [0.2, 0.25) is 0 Å². The molecule has 0 atom stereocenters. The summed E-state index contributed by atoms with van der Waals surface area (Å²) in [6.45, 7) is 2.60. The number of aromatic nitrogens is 2. The average molecular weight is 258 g/mol. The molecule has 2 rings (SSSR count). The minimum absolute atomic E-state index is 0.112. The van der Waals surface area contributed by atoms with Crippen molar-refractivity contribution in [2.24, 2.45) is 0 Å². The van der Waals surface area contributed by atoms with E-state index in [-0.39, 0.29) is 5.69 Å². The van der Waals surface area contributed by atoms with Crippen LogP contribution in [0, 0.1) is 17.0 Å². The number of aryl methyl sites for hydroxylation is 1. The third-order valence-electron chi connectivity index (χ3n) is 2.73. The number of rotatable bonds is 5. The molecular formula is C13H14N4O2. The fraction of sp³-hybridized carbons (Fsp3) is 0.231. The number of anilines is 1. The van der Waals surface area contributed by atoms with Gasteiger partial charge in [-0.25, -0.2) is 4.98 Å². The molecule has 0 radical (unpaired) electrons. The summed E-state index contributed by atoms with van der Waals surface area (Å²) >= 11 is 0. The zero-order valence-electron chi connectivity index (χ0n) is 10.5. The summed E-state index contributed by atoms with van der Waals surface area (Å²) in [6, 6.07) is 6.57. The Kier molecular flexibility index (Phi) is 4.02. The van der Waals surface area contributed by atoms with Crippen molar-refractivity contribution >= 4 is 11.5 Å². The second kappa shape index (κ2) is 5.90. The third kappa shape index (κ3) is 3.48. The Hall–Kier alpha value is -2.50. The number of nitro groups is 1. The lowest BCUT2D eigenvalue weighted by Gasteiger charge is -2.07. The Balaban J connectivity index is 1.89. The number of hydrogen-bond acceptors (Lipinski definition) is 5. The van der Waals surface area contributed by atoms with Gasteiger partial charge in [0, 0.05) is 31.1 Å². The molecular weight excluding hydrogens is 244 g/mol. The van der Waals surface area contributed by atoms with E-state index < -0.39 is 4.92 Å². The Morgan fingerprint density at radius 2 is 1.89 bits per heavy atom. The maximum Gasteiger partial charge on any atom is 0.269 e. The van der Waals surface area contributed by atoms with Crippen LogP contribution < -0.4 is 5.32 Å². The molecule has 0 aliphatic rings. The van der Waals surface area contributed by atoms with Gasteiger partial charge in [0.1, 0.15) is 5.82 Å². The lowest BCUT2D eigenvalue weighted by Crippen LogP contribution is -2.08. The molecule has 0 aliphatic carbocycles. The number of nitro benzene ring substituents is 1. The normalized spacial score (nSPS) is 10.2. The van der Waals surface area contributed by atoms with E-state index in [1.807, 2.05) is 6.92 Å². The fourth-order valence-corrected chi connectivity index (χ4v) is 1.69. The maximum atomic E-state index is 10.5. The standard InChI is InChI=1S/C13H14N4O2/c1-10-13(16-9-8-14-10)15-7-6-11-2-4-12(5-3-11)17(18)19/h2-5,8-9H,6-7H2,1H3,(H,15,16). The van der Waals surface area contributed by atoms with Gasteiger partial charge in [-0.1, -0.05) is 12.1 Å². The van der Waals surface area contributed by atoms with E-state index >= 15 is 0 Å². The van der Waals surface area contributed by atoms with Crippen LogP contribution in [0.15, 0.2) is 36.7 Å². The number of nitrogens with zero attached hydrogens (tertiary/aromatic N) is 3. The van der Waals surface area contributed by atoms with Crippen LogP contribution in [0.1, 0.15) is 11.3 Å². The summed E-state index contributed by atoms with van der Waals surface area (Å²) in [4.78, 5) is 18.4. The zero-order valence-corrected chi connectivity index (χ0v) is 10.5. The van der Waals surface area contributed by atoms with E-state index in [4.69, 9.17) is 0 Å². The van der Waals surface area contributed by atoms with Crippen molar-refractivity contribution in [3.05, 3.63) is 58.0 Å². The van der Waals surface area contributed by atoms with E-state index in [1.54, 1.807) is 24.5 Å². The summed E-state index contributed by atoms with van der Waals surface area (Å²) in [5.41, 5.74) is 2.01. The number of nitrogens with one attached hydrogen (secondary N) is 1. The van der Waals surface area contributed by atoms with Gasteiger partial charge in [0.2, 0.25) is 0 Å². The highest BCUT2D eigenvalue weighted by atomic mass is 16.6. The van der Waals surface area contributed by atoms with Gasteiger partial charge < -0.3 is 5.32 Å². The highest BCUT2D eigenvalue weighted by molar-refractivity contribution is 5.39. The monoisotopic (exact) mass is 258 g/mol. The van der Waals surface area contributed by atoms with E-state index in [0.29, 0.717) is 6.54 Å². The van der Waals surface area contributed by atoms with Crippen LogP contribution in [0.3, 0.4) is 0 Å². The van der Waals surface area contributed by atoms with E-state index in [0.717, 1.165) is 23.5 Å². The van der Waals surface area contributed by atoms with Crippen molar-refractivity contribution in [1.29, 1.82) is 0 Å². The summed E-state index contributed by atoms with van der Waals surface area (Å²) in [7, 11) is 0. The molecule has 0 amide bonds. The van der Waals surface area contributed by atoms with Crippen molar-refractivity contribution in [3.8, 4) is 0 Å².